The maximum Gasteiger partial charge on any atom is 0.270 e. The van der Waals surface area contributed by atoms with Crippen LogP contribution in [0.5, 0.6) is 0 Å². The van der Waals surface area contributed by atoms with Crippen LogP contribution < -0.4 is 16.6 Å². The number of hydrogen-bond acceptors (Lipinski definition) is 5. The molecule has 9 nitrogen and oxygen atoms in total. The number of aromatic amines is 1. The molecule has 3 rings (SSSR count). The first-order valence-electron chi connectivity index (χ1n) is 7.12. The summed E-state index contributed by atoms with van der Waals surface area (Å²) in [5.74, 6) is 4.89. The fourth-order valence-corrected chi connectivity index (χ4v) is 2.66. The van der Waals surface area contributed by atoms with Gasteiger partial charge in [-0.25, -0.2) is 10.9 Å². The second-order valence-corrected chi connectivity index (χ2v) is 5.29. The molecule has 25 heavy (non-hydrogen) atoms. The summed E-state index contributed by atoms with van der Waals surface area (Å²) in [5, 5.41) is 12.1. The Kier molecular flexibility index (Phi) is 3.91. The molecule has 2 aromatic carbocycles. The largest absolute Gasteiger partial charge is 0.365 e. The van der Waals surface area contributed by atoms with Crippen molar-refractivity contribution in [3.05, 3.63) is 58.1 Å². The Hall–Kier alpha value is -3.72. The molecule has 0 atom stereocenters. The van der Waals surface area contributed by atoms with Gasteiger partial charge in [-0.1, -0.05) is 24.3 Å². The van der Waals surface area contributed by atoms with E-state index in [0.29, 0.717) is 28.4 Å². The Morgan fingerprint density at radius 1 is 1.20 bits per heavy atom. The van der Waals surface area contributed by atoms with Crippen molar-refractivity contribution in [3.63, 3.8) is 0 Å². The van der Waals surface area contributed by atoms with E-state index >= 15 is 0 Å². The van der Waals surface area contributed by atoms with Crippen molar-refractivity contribution in [2.24, 2.45) is 11.6 Å². The van der Waals surface area contributed by atoms with E-state index in [1.165, 1.54) is 12.1 Å². The lowest BCUT2D eigenvalue weighted by Gasteiger charge is -2.08. The van der Waals surface area contributed by atoms with Crippen LogP contribution in [-0.4, -0.2) is 22.2 Å². The van der Waals surface area contributed by atoms with Crippen LogP contribution in [0.2, 0.25) is 0 Å². The summed E-state index contributed by atoms with van der Waals surface area (Å²) >= 11 is 0. The first-order chi connectivity index (χ1) is 11.9. The van der Waals surface area contributed by atoms with E-state index < -0.39 is 10.8 Å². The van der Waals surface area contributed by atoms with Gasteiger partial charge in [0.1, 0.15) is 5.82 Å². The molecule has 0 bridgehead atoms. The number of nitrogens with zero attached hydrogens (tertiary/aromatic N) is 2. The lowest BCUT2D eigenvalue weighted by Crippen LogP contribution is -2.31. The predicted molar refractivity (Wildman–Crippen MR) is 91.6 cm³/mol. The number of nitrogens with one attached hydrogen (secondary N) is 1. The van der Waals surface area contributed by atoms with Crippen LogP contribution >= 0.6 is 0 Å². The van der Waals surface area contributed by atoms with E-state index in [2.05, 4.69) is 4.98 Å². The molecule has 0 aliphatic carbocycles. The fraction of sp³-hybridized carbons (Fsp3) is 0. The lowest BCUT2D eigenvalue weighted by molar-refractivity contribution is -0.384. The molecule has 1 heterocycles. The molecule has 0 unspecified atom stereocenters. The third-order valence-electron chi connectivity index (χ3n) is 3.79. The van der Waals surface area contributed by atoms with Gasteiger partial charge in [-0.2, -0.15) is 0 Å². The minimum Gasteiger partial charge on any atom is -0.365 e. The molecule has 3 aromatic rings. The SMILES string of the molecule is NC(=O)c1c(N(N)C=O)[nH]c2cc(-c3cccc([N+](=O)[O-])c3)ccc12. The van der Waals surface area contributed by atoms with E-state index in [4.69, 9.17) is 11.6 Å². The zero-order valence-electron chi connectivity index (χ0n) is 12.8. The molecule has 0 fully saturated rings. The first kappa shape index (κ1) is 16.1. The molecule has 0 spiro atoms. The number of hydrazine groups is 1. The smallest absolute Gasteiger partial charge is 0.270 e. The molecule has 0 aliphatic rings. The first-order valence-corrected chi connectivity index (χ1v) is 7.12. The highest BCUT2D eigenvalue weighted by Crippen LogP contribution is 2.32. The number of benzene rings is 2. The third kappa shape index (κ3) is 2.79. The number of nitro groups is 1. The number of nitro benzene ring substituents is 1. The summed E-state index contributed by atoms with van der Waals surface area (Å²) in [6.07, 6.45) is 0.346. The van der Waals surface area contributed by atoms with Gasteiger partial charge in [0, 0.05) is 23.0 Å². The number of primary amides is 1. The normalized spacial score (nSPS) is 10.6. The number of anilines is 1. The van der Waals surface area contributed by atoms with Crippen molar-refractivity contribution in [2.45, 2.75) is 0 Å². The summed E-state index contributed by atoms with van der Waals surface area (Å²) in [5.41, 5.74) is 7.29. The summed E-state index contributed by atoms with van der Waals surface area (Å²) in [6, 6.07) is 11.2. The Labute approximate surface area is 140 Å². The summed E-state index contributed by atoms with van der Waals surface area (Å²) in [4.78, 5) is 36.0. The minimum atomic E-state index is -0.735. The Morgan fingerprint density at radius 2 is 1.92 bits per heavy atom. The van der Waals surface area contributed by atoms with Gasteiger partial charge in [0.05, 0.1) is 10.5 Å². The van der Waals surface area contributed by atoms with Crippen molar-refractivity contribution in [1.29, 1.82) is 0 Å². The molecule has 9 heteroatoms. The summed E-state index contributed by atoms with van der Waals surface area (Å²) in [6.45, 7) is 0. The van der Waals surface area contributed by atoms with Gasteiger partial charge in [-0.3, -0.25) is 19.7 Å². The number of H-pyrrole nitrogens is 1. The van der Waals surface area contributed by atoms with Crippen LogP contribution in [0, 0.1) is 10.1 Å². The molecule has 0 radical (unpaired) electrons. The van der Waals surface area contributed by atoms with Gasteiger partial charge >= 0.3 is 0 Å². The highest BCUT2D eigenvalue weighted by Gasteiger charge is 2.20. The Morgan fingerprint density at radius 3 is 2.56 bits per heavy atom. The summed E-state index contributed by atoms with van der Waals surface area (Å²) in [7, 11) is 0. The van der Waals surface area contributed by atoms with Crippen LogP contribution in [0.3, 0.4) is 0 Å². The van der Waals surface area contributed by atoms with Gasteiger partial charge in [0.25, 0.3) is 11.6 Å². The fourth-order valence-electron chi connectivity index (χ4n) is 2.66. The van der Waals surface area contributed by atoms with Crippen LogP contribution in [0.15, 0.2) is 42.5 Å². The number of nitrogens with two attached hydrogens (primary N) is 2. The number of amides is 2. The van der Waals surface area contributed by atoms with Crippen LogP contribution in [-0.2, 0) is 4.79 Å². The highest BCUT2D eigenvalue weighted by molar-refractivity contribution is 6.12. The molecular weight excluding hydrogens is 326 g/mol. The number of aromatic nitrogens is 1. The summed E-state index contributed by atoms with van der Waals surface area (Å²) < 4.78 is 0. The van der Waals surface area contributed by atoms with Gasteiger partial charge in [-0.05, 0) is 17.2 Å². The highest BCUT2D eigenvalue weighted by atomic mass is 16.6. The molecule has 0 saturated heterocycles. The molecule has 2 amide bonds. The van der Waals surface area contributed by atoms with E-state index in [0.717, 1.165) is 5.01 Å². The van der Waals surface area contributed by atoms with Crippen molar-refractivity contribution in [3.8, 4) is 11.1 Å². The van der Waals surface area contributed by atoms with Crippen molar-refractivity contribution in [2.75, 3.05) is 5.01 Å². The average Bonchev–Trinajstić information content (AvgIpc) is 2.99. The Balaban J connectivity index is 2.18. The number of non-ortho nitro benzene ring substituents is 1. The van der Waals surface area contributed by atoms with Gasteiger partial charge in [-0.15, -0.1) is 0 Å². The molecule has 126 valence electrons. The van der Waals surface area contributed by atoms with E-state index in [-0.39, 0.29) is 17.1 Å². The minimum absolute atomic E-state index is 0.0308. The number of rotatable bonds is 5. The third-order valence-corrected chi connectivity index (χ3v) is 3.79. The van der Waals surface area contributed by atoms with Crippen molar-refractivity contribution < 1.29 is 14.5 Å². The molecule has 0 saturated carbocycles. The van der Waals surface area contributed by atoms with Crippen molar-refractivity contribution >= 4 is 34.7 Å². The standard InChI is InChI=1S/C16H13N5O4/c17-15(23)14-12-5-4-10(7-13(12)19-16(14)20(18)8-22)9-2-1-3-11(6-9)21(24)25/h1-8,19H,18H2,(H2,17,23). The average molecular weight is 339 g/mol. The maximum atomic E-state index is 11.7. The molecule has 0 aliphatic heterocycles. The van der Waals surface area contributed by atoms with Gasteiger partial charge in [0.2, 0.25) is 6.41 Å². The van der Waals surface area contributed by atoms with E-state index in [1.807, 2.05) is 0 Å². The number of carbonyl (C=O) groups excluding carboxylic acids is 2. The van der Waals surface area contributed by atoms with E-state index in [9.17, 15) is 19.7 Å². The van der Waals surface area contributed by atoms with Crippen LogP contribution in [0.25, 0.3) is 22.0 Å². The number of carbonyl (C=O) groups is 2. The molecule has 5 N–H and O–H groups in total. The van der Waals surface area contributed by atoms with Gasteiger partial charge < -0.3 is 10.7 Å². The van der Waals surface area contributed by atoms with Crippen molar-refractivity contribution in [1.82, 2.24) is 4.98 Å². The molecule has 1 aromatic heterocycles. The van der Waals surface area contributed by atoms with Gasteiger partial charge in [0.15, 0.2) is 0 Å². The quantitative estimate of drug-likeness (QED) is 0.212. The predicted octanol–water partition coefficient (Wildman–Crippen LogP) is 1.68. The number of hydrogen-bond donors (Lipinski definition) is 3. The second kappa shape index (κ2) is 6.06. The topological polar surface area (TPSA) is 148 Å². The monoisotopic (exact) mass is 339 g/mol. The van der Waals surface area contributed by atoms with Crippen LogP contribution in [0.4, 0.5) is 11.5 Å². The zero-order chi connectivity index (χ0) is 18.1. The van der Waals surface area contributed by atoms with Crippen LogP contribution in [0.1, 0.15) is 10.4 Å². The second-order valence-electron chi connectivity index (χ2n) is 5.29. The maximum absolute atomic E-state index is 11.7. The Bertz CT molecular complexity index is 1010. The zero-order valence-corrected chi connectivity index (χ0v) is 12.8. The lowest BCUT2D eigenvalue weighted by atomic mass is 10.0. The van der Waals surface area contributed by atoms with E-state index in [1.54, 1.807) is 30.3 Å². The number of fused-ring (bicyclic) bond motifs is 1. The molecular formula is C16H13N5O4.